The minimum absolute atomic E-state index is 0.362. The van der Waals surface area contributed by atoms with Crippen LogP contribution >= 0.6 is 0 Å². The topological polar surface area (TPSA) is 17.1 Å². The van der Waals surface area contributed by atoms with Crippen LogP contribution in [-0.4, -0.2) is 5.78 Å². The Balaban J connectivity index is 2.24. The van der Waals surface area contributed by atoms with E-state index < -0.39 is 0 Å². The molecule has 0 spiro atoms. The first kappa shape index (κ1) is 14.7. The fourth-order valence-electron chi connectivity index (χ4n) is 3.33. The molecule has 0 N–H and O–H groups in total. The molecule has 0 aromatic rings. The van der Waals surface area contributed by atoms with Gasteiger partial charge in [0.25, 0.3) is 0 Å². The Morgan fingerprint density at radius 2 is 1.76 bits per heavy atom. The normalized spacial score (nSPS) is 28.9. The summed E-state index contributed by atoms with van der Waals surface area (Å²) in [5.41, 5.74) is 0. The fraction of sp³-hybridized carbons (Fsp3) is 0.938. The summed E-state index contributed by atoms with van der Waals surface area (Å²) in [4.78, 5) is 11.0. The zero-order valence-electron chi connectivity index (χ0n) is 12.2. The molecule has 0 aliphatic heterocycles. The summed E-state index contributed by atoms with van der Waals surface area (Å²) in [5, 5.41) is 0. The van der Waals surface area contributed by atoms with Crippen LogP contribution in [0, 0.1) is 23.7 Å². The number of carbonyl (C=O) groups excluding carboxylic acids is 1. The van der Waals surface area contributed by atoms with Crippen molar-refractivity contribution >= 4 is 5.78 Å². The van der Waals surface area contributed by atoms with E-state index in [9.17, 15) is 4.79 Å². The Morgan fingerprint density at radius 1 is 1.18 bits per heavy atom. The van der Waals surface area contributed by atoms with Crippen molar-refractivity contribution in [2.75, 3.05) is 0 Å². The van der Waals surface area contributed by atoms with Gasteiger partial charge in [0.15, 0.2) is 0 Å². The maximum absolute atomic E-state index is 11.0. The fourth-order valence-corrected chi connectivity index (χ4v) is 3.33. The lowest BCUT2D eigenvalue weighted by Crippen LogP contribution is -2.12. The highest BCUT2D eigenvalue weighted by Gasteiger charge is 2.31. The molecule has 1 saturated carbocycles. The molecule has 0 bridgehead atoms. The third-order valence-electron chi connectivity index (χ3n) is 4.62. The van der Waals surface area contributed by atoms with Crippen molar-refractivity contribution < 1.29 is 4.79 Å². The Kier molecular flexibility index (Phi) is 6.22. The van der Waals surface area contributed by atoms with Gasteiger partial charge in [-0.15, -0.1) is 0 Å². The molecule has 0 radical (unpaired) electrons. The van der Waals surface area contributed by atoms with Crippen molar-refractivity contribution in [2.45, 2.75) is 72.6 Å². The lowest BCUT2D eigenvalue weighted by Gasteiger charge is -2.20. The first-order valence-corrected chi connectivity index (χ1v) is 7.50. The van der Waals surface area contributed by atoms with E-state index in [0.29, 0.717) is 5.78 Å². The van der Waals surface area contributed by atoms with Crippen molar-refractivity contribution in [1.29, 1.82) is 0 Å². The Bertz CT molecular complexity index is 232. The Labute approximate surface area is 107 Å². The summed E-state index contributed by atoms with van der Waals surface area (Å²) < 4.78 is 0. The molecule has 17 heavy (non-hydrogen) atoms. The number of rotatable bonds is 7. The van der Waals surface area contributed by atoms with E-state index in [1.807, 2.05) is 0 Å². The minimum Gasteiger partial charge on any atom is -0.300 e. The van der Waals surface area contributed by atoms with Gasteiger partial charge in [-0.1, -0.05) is 40.0 Å². The molecule has 1 heteroatoms. The summed E-state index contributed by atoms with van der Waals surface area (Å²) in [6, 6.07) is 0. The van der Waals surface area contributed by atoms with Crippen molar-refractivity contribution in [2.24, 2.45) is 23.7 Å². The van der Waals surface area contributed by atoms with Crippen LogP contribution in [0.15, 0.2) is 0 Å². The molecule has 1 aliphatic rings. The average molecular weight is 238 g/mol. The summed E-state index contributed by atoms with van der Waals surface area (Å²) in [6.45, 7) is 8.76. The highest BCUT2D eigenvalue weighted by molar-refractivity contribution is 5.75. The second-order valence-electron chi connectivity index (χ2n) is 6.52. The van der Waals surface area contributed by atoms with Crippen LogP contribution in [0.4, 0.5) is 0 Å². The van der Waals surface area contributed by atoms with Gasteiger partial charge in [0.1, 0.15) is 5.78 Å². The lowest BCUT2D eigenvalue weighted by atomic mass is 9.85. The molecule has 1 nitrogen and oxygen atoms in total. The molecule has 0 heterocycles. The molecule has 0 saturated heterocycles. The van der Waals surface area contributed by atoms with E-state index in [2.05, 4.69) is 20.8 Å². The highest BCUT2D eigenvalue weighted by atomic mass is 16.1. The van der Waals surface area contributed by atoms with E-state index in [0.717, 1.165) is 36.5 Å². The molecular formula is C16H30O. The second-order valence-corrected chi connectivity index (χ2v) is 6.52. The van der Waals surface area contributed by atoms with Crippen molar-refractivity contribution in [1.82, 2.24) is 0 Å². The monoisotopic (exact) mass is 238 g/mol. The summed E-state index contributed by atoms with van der Waals surface area (Å²) >= 11 is 0. The van der Waals surface area contributed by atoms with Crippen molar-refractivity contribution in [3.63, 3.8) is 0 Å². The van der Waals surface area contributed by atoms with E-state index in [4.69, 9.17) is 0 Å². The average Bonchev–Trinajstić information content (AvgIpc) is 2.57. The van der Waals surface area contributed by atoms with Crippen LogP contribution < -0.4 is 0 Å². The van der Waals surface area contributed by atoms with Crippen LogP contribution in [0.1, 0.15) is 72.6 Å². The molecule has 3 unspecified atom stereocenters. The van der Waals surface area contributed by atoms with E-state index in [1.54, 1.807) is 6.92 Å². The number of hydrogen-bond donors (Lipinski definition) is 0. The van der Waals surface area contributed by atoms with Gasteiger partial charge < -0.3 is 4.79 Å². The number of Topliss-reactive ketones (excluding diaryl/α,β-unsaturated/α-hetero) is 1. The zero-order valence-corrected chi connectivity index (χ0v) is 12.2. The second kappa shape index (κ2) is 7.18. The zero-order chi connectivity index (χ0) is 12.8. The van der Waals surface area contributed by atoms with Crippen LogP contribution in [0.3, 0.4) is 0 Å². The molecule has 1 fully saturated rings. The van der Waals surface area contributed by atoms with E-state index >= 15 is 0 Å². The van der Waals surface area contributed by atoms with Gasteiger partial charge in [0.2, 0.25) is 0 Å². The van der Waals surface area contributed by atoms with E-state index in [-0.39, 0.29) is 0 Å². The molecule has 0 aromatic carbocycles. The maximum Gasteiger partial charge on any atom is 0.129 e. The maximum atomic E-state index is 11.0. The molecule has 0 amide bonds. The predicted octanol–water partition coefficient (Wildman–Crippen LogP) is 4.84. The van der Waals surface area contributed by atoms with Gasteiger partial charge in [-0.05, 0) is 49.9 Å². The highest BCUT2D eigenvalue weighted by Crippen LogP contribution is 2.41. The largest absolute Gasteiger partial charge is 0.300 e. The van der Waals surface area contributed by atoms with Crippen molar-refractivity contribution in [3.05, 3.63) is 0 Å². The van der Waals surface area contributed by atoms with Gasteiger partial charge in [-0.25, -0.2) is 0 Å². The van der Waals surface area contributed by atoms with Crippen LogP contribution in [0.5, 0.6) is 0 Å². The first-order chi connectivity index (χ1) is 8.00. The van der Waals surface area contributed by atoms with Crippen LogP contribution in [0.25, 0.3) is 0 Å². The molecule has 100 valence electrons. The Morgan fingerprint density at radius 3 is 2.29 bits per heavy atom. The third-order valence-corrected chi connectivity index (χ3v) is 4.62. The van der Waals surface area contributed by atoms with Crippen molar-refractivity contribution in [3.8, 4) is 0 Å². The SMILES string of the molecule is CC(=O)CCC1CCC(CCCC(C)C)C1C. The lowest BCUT2D eigenvalue weighted by molar-refractivity contribution is -0.117. The molecule has 1 aliphatic carbocycles. The number of ketones is 1. The van der Waals surface area contributed by atoms with E-state index in [1.165, 1.54) is 32.1 Å². The predicted molar refractivity (Wildman–Crippen MR) is 74.0 cm³/mol. The third kappa shape index (κ3) is 5.23. The van der Waals surface area contributed by atoms with Gasteiger partial charge >= 0.3 is 0 Å². The quantitative estimate of drug-likeness (QED) is 0.620. The number of hydrogen-bond acceptors (Lipinski definition) is 1. The molecule has 3 atom stereocenters. The van der Waals surface area contributed by atoms with Gasteiger partial charge in [-0.3, -0.25) is 0 Å². The van der Waals surface area contributed by atoms with Gasteiger partial charge in [0.05, 0.1) is 0 Å². The molecule has 0 aromatic heterocycles. The summed E-state index contributed by atoms with van der Waals surface area (Å²) in [6.07, 6.45) is 8.89. The summed E-state index contributed by atoms with van der Waals surface area (Å²) in [5.74, 6) is 3.82. The van der Waals surface area contributed by atoms with Crippen LogP contribution in [0.2, 0.25) is 0 Å². The minimum atomic E-state index is 0.362. The van der Waals surface area contributed by atoms with Gasteiger partial charge in [-0.2, -0.15) is 0 Å². The Hall–Kier alpha value is -0.330. The summed E-state index contributed by atoms with van der Waals surface area (Å²) in [7, 11) is 0. The standard InChI is InChI=1S/C16H30O/c1-12(2)6-5-7-15-10-11-16(14(15)4)9-8-13(3)17/h12,14-16H,5-11H2,1-4H3. The van der Waals surface area contributed by atoms with Gasteiger partial charge in [0, 0.05) is 6.42 Å². The molecular weight excluding hydrogens is 208 g/mol. The first-order valence-electron chi connectivity index (χ1n) is 7.50. The van der Waals surface area contributed by atoms with Crippen LogP contribution in [-0.2, 0) is 4.79 Å². The molecule has 1 rings (SSSR count). The smallest absolute Gasteiger partial charge is 0.129 e. The number of carbonyl (C=O) groups is 1.